The topological polar surface area (TPSA) is 58.6 Å². The van der Waals surface area contributed by atoms with Crippen LogP contribution in [0.3, 0.4) is 0 Å². The third-order valence-electron chi connectivity index (χ3n) is 6.20. The van der Waals surface area contributed by atoms with Crippen LogP contribution in [-0.4, -0.2) is 35.4 Å². The molecule has 190 valence electrons. The van der Waals surface area contributed by atoms with Gasteiger partial charge in [0.15, 0.2) is 6.61 Å². The molecule has 0 unspecified atom stereocenters. The molecule has 0 spiro atoms. The van der Waals surface area contributed by atoms with Crippen LogP contribution in [0, 0.1) is 13.8 Å². The number of hydrogen-bond acceptors (Lipinski definition) is 3. The van der Waals surface area contributed by atoms with E-state index in [4.69, 9.17) is 4.74 Å². The fourth-order valence-corrected chi connectivity index (χ4v) is 4.46. The highest BCUT2D eigenvalue weighted by Gasteiger charge is 2.31. The fraction of sp³-hybridized carbons (Fsp3) is 0.333. The summed E-state index contributed by atoms with van der Waals surface area (Å²) in [7, 11) is 0. The average molecular weight is 552 g/mol. The monoisotopic (exact) mass is 550 g/mol. The largest absolute Gasteiger partial charge is 0.483 e. The number of halogens is 1. The van der Waals surface area contributed by atoms with Gasteiger partial charge in [0, 0.05) is 23.5 Å². The van der Waals surface area contributed by atoms with Crippen molar-refractivity contribution >= 4 is 27.7 Å². The van der Waals surface area contributed by atoms with Gasteiger partial charge in [0.1, 0.15) is 11.8 Å². The number of benzene rings is 3. The molecule has 0 saturated heterocycles. The summed E-state index contributed by atoms with van der Waals surface area (Å²) >= 11 is 3.52. The highest BCUT2D eigenvalue weighted by atomic mass is 79.9. The van der Waals surface area contributed by atoms with Gasteiger partial charge in [-0.25, -0.2) is 0 Å². The Morgan fingerprint density at radius 3 is 2.36 bits per heavy atom. The minimum atomic E-state index is -0.685. The Morgan fingerprint density at radius 2 is 1.69 bits per heavy atom. The summed E-state index contributed by atoms with van der Waals surface area (Å²) in [5.41, 5.74) is 4.02. The van der Waals surface area contributed by atoms with Gasteiger partial charge in [0.25, 0.3) is 5.91 Å². The summed E-state index contributed by atoms with van der Waals surface area (Å²) in [6, 6.07) is 22.8. The average Bonchev–Trinajstić information content (AvgIpc) is 2.86. The molecule has 0 aliphatic heterocycles. The lowest BCUT2D eigenvalue weighted by molar-refractivity contribution is -0.143. The number of hydrogen-bond donors (Lipinski definition) is 1. The van der Waals surface area contributed by atoms with Crippen molar-refractivity contribution in [2.24, 2.45) is 0 Å². The van der Waals surface area contributed by atoms with E-state index in [0.29, 0.717) is 18.7 Å². The summed E-state index contributed by atoms with van der Waals surface area (Å²) < 4.78 is 6.87. The quantitative estimate of drug-likeness (QED) is 0.318. The molecule has 5 nitrogen and oxygen atoms in total. The highest BCUT2D eigenvalue weighted by molar-refractivity contribution is 9.10. The number of carbonyl (C=O) groups is 2. The smallest absolute Gasteiger partial charge is 0.261 e. The second-order valence-corrected chi connectivity index (χ2v) is 10.1. The third-order valence-corrected chi connectivity index (χ3v) is 6.69. The molecular formula is C30H35BrN2O3. The summed E-state index contributed by atoms with van der Waals surface area (Å²) in [5, 5.41) is 3.09. The maximum atomic E-state index is 13.7. The number of ether oxygens (including phenoxy) is 1. The molecule has 0 heterocycles. The first-order valence-corrected chi connectivity index (χ1v) is 13.1. The first kappa shape index (κ1) is 27.5. The van der Waals surface area contributed by atoms with Gasteiger partial charge in [0.05, 0.1) is 0 Å². The molecule has 0 radical (unpaired) electrons. The number of nitrogens with zero attached hydrogens (tertiary/aromatic N) is 1. The van der Waals surface area contributed by atoms with Gasteiger partial charge < -0.3 is 15.0 Å². The van der Waals surface area contributed by atoms with Crippen LogP contribution in [0.15, 0.2) is 77.3 Å². The van der Waals surface area contributed by atoms with Crippen LogP contribution >= 0.6 is 15.9 Å². The predicted molar refractivity (Wildman–Crippen MR) is 148 cm³/mol. The zero-order valence-electron chi connectivity index (χ0n) is 21.5. The van der Waals surface area contributed by atoms with Crippen LogP contribution in [0.4, 0.5) is 0 Å². The summed E-state index contributed by atoms with van der Waals surface area (Å²) in [6.07, 6.45) is 1.21. The number of nitrogens with one attached hydrogen (secondary N) is 1. The van der Waals surface area contributed by atoms with Gasteiger partial charge in [0.2, 0.25) is 5.91 Å². The SMILES string of the molecule is CC[C@H](C)NC(=O)[C@@H](Cc1ccccc1)N(Cc1cccc(Br)c1)C(=O)COc1ccc(C)cc1C. The fourth-order valence-electron chi connectivity index (χ4n) is 4.01. The minimum Gasteiger partial charge on any atom is -0.483 e. The van der Waals surface area contributed by atoms with Gasteiger partial charge >= 0.3 is 0 Å². The Hall–Kier alpha value is -3.12. The number of carbonyl (C=O) groups excluding carboxylic acids is 2. The lowest BCUT2D eigenvalue weighted by Crippen LogP contribution is -2.53. The molecule has 0 bridgehead atoms. The highest BCUT2D eigenvalue weighted by Crippen LogP contribution is 2.21. The first-order valence-electron chi connectivity index (χ1n) is 12.3. The van der Waals surface area contributed by atoms with Gasteiger partial charge in [-0.05, 0) is 62.1 Å². The maximum Gasteiger partial charge on any atom is 0.261 e. The zero-order chi connectivity index (χ0) is 26.1. The molecule has 0 aromatic heterocycles. The summed E-state index contributed by atoms with van der Waals surface area (Å²) in [6.45, 7) is 8.12. The maximum absolute atomic E-state index is 13.7. The number of amides is 2. The van der Waals surface area contributed by atoms with E-state index in [1.54, 1.807) is 4.90 Å². The molecule has 2 amide bonds. The molecular weight excluding hydrogens is 516 g/mol. The van der Waals surface area contributed by atoms with Crippen LogP contribution in [0.2, 0.25) is 0 Å². The molecule has 3 aromatic carbocycles. The lowest BCUT2D eigenvalue weighted by Gasteiger charge is -2.32. The molecule has 0 aliphatic carbocycles. The minimum absolute atomic E-state index is 0.00468. The first-order chi connectivity index (χ1) is 17.3. The van der Waals surface area contributed by atoms with E-state index < -0.39 is 6.04 Å². The zero-order valence-corrected chi connectivity index (χ0v) is 23.0. The van der Waals surface area contributed by atoms with Crippen molar-refractivity contribution in [3.05, 3.63) is 99.5 Å². The Balaban J connectivity index is 1.92. The predicted octanol–water partition coefficient (Wildman–Crippen LogP) is 6.00. The van der Waals surface area contributed by atoms with E-state index in [1.165, 1.54) is 0 Å². The van der Waals surface area contributed by atoms with Crippen LogP contribution < -0.4 is 10.1 Å². The number of aryl methyl sites for hydroxylation is 2. The van der Waals surface area contributed by atoms with Crippen LogP contribution in [0.1, 0.15) is 42.5 Å². The van der Waals surface area contributed by atoms with Crippen molar-refractivity contribution < 1.29 is 14.3 Å². The lowest BCUT2D eigenvalue weighted by atomic mass is 10.0. The summed E-state index contributed by atoms with van der Waals surface area (Å²) in [4.78, 5) is 28.9. The van der Waals surface area contributed by atoms with Crippen molar-refractivity contribution in [1.29, 1.82) is 0 Å². The third kappa shape index (κ3) is 7.95. The van der Waals surface area contributed by atoms with E-state index >= 15 is 0 Å². The molecule has 0 fully saturated rings. The molecule has 3 rings (SSSR count). The van der Waals surface area contributed by atoms with Gasteiger partial charge in [-0.3, -0.25) is 9.59 Å². The van der Waals surface area contributed by atoms with Gasteiger partial charge in [-0.1, -0.05) is 83.0 Å². The van der Waals surface area contributed by atoms with Crippen molar-refractivity contribution in [3.63, 3.8) is 0 Å². The molecule has 6 heteroatoms. The van der Waals surface area contributed by atoms with Crippen LogP contribution in [0.5, 0.6) is 5.75 Å². The summed E-state index contributed by atoms with van der Waals surface area (Å²) in [5.74, 6) is 0.262. The normalized spacial score (nSPS) is 12.5. The van der Waals surface area contributed by atoms with Crippen molar-refractivity contribution in [2.75, 3.05) is 6.61 Å². The van der Waals surface area contributed by atoms with E-state index in [9.17, 15) is 9.59 Å². The Labute approximate surface area is 223 Å². The van der Waals surface area contributed by atoms with Gasteiger partial charge in [-0.15, -0.1) is 0 Å². The van der Waals surface area contributed by atoms with E-state index in [-0.39, 0.29) is 24.5 Å². The second kappa shape index (κ2) is 13.3. The molecule has 0 aliphatic rings. The van der Waals surface area contributed by atoms with Gasteiger partial charge in [-0.2, -0.15) is 0 Å². The van der Waals surface area contributed by atoms with Crippen molar-refractivity contribution in [3.8, 4) is 5.75 Å². The Kier molecular flexibility index (Phi) is 10.1. The Morgan fingerprint density at radius 1 is 0.972 bits per heavy atom. The van der Waals surface area contributed by atoms with Crippen molar-refractivity contribution in [2.45, 2.75) is 59.2 Å². The van der Waals surface area contributed by atoms with Crippen LogP contribution in [0.25, 0.3) is 0 Å². The van der Waals surface area contributed by atoms with E-state index in [2.05, 4.69) is 21.2 Å². The molecule has 1 N–H and O–H groups in total. The van der Waals surface area contributed by atoms with E-state index in [1.807, 2.05) is 100 Å². The molecule has 2 atom stereocenters. The Bertz CT molecular complexity index is 1170. The molecule has 3 aromatic rings. The second-order valence-electron chi connectivity index (χ2n) is 9.23. The number of rotatable bonds is 11. The standard InChI is InChI=1S/C30H35BrN2O3/c1-5-23(4)32-30(35)27(18-24-10-7-6-8-11-24)33(19-25-12-9-13-26(31)17-25)29(34)20-36-28-15-14-21(2)16-22(28)3/h6-17,23,27H,5,18-20H2,1-4H3,(H,32,35)/t23-,27+/m0/s1. The van der Waals surface area contributed by atoms with Crippen molar-refractivity contribution in [1.82, 2.24) is 10.2 Å². The van der Waals surface area contributed by atoms with E-state index in [0.717, 1.165) is 33.1 Å². The molecule has 36 heavy (non-hydrogen) atoms. The van der Waals surface area contributed by atoms with Crippen LogP contribution in [-0.2, 0) is 22.6 Å². The molecule has 0 saturated carbocycles.